The molecule has 21 heavy (non-hydrogen) atoms. The van der Waals surface area contributed by atoms with Gasteiger partial charge in [0.05, 0.1) is 7.11 Å². The highest BCUT2D eigenvalue weighted by molar-refractivity contribution is 5.45. The van der Waals surface area contributed by atoms with Crippen molar-refractivity contribution in [2.75, 3.05) is 7.11 Å². The number of halogens is 2. The molecule has 0 aliphatic carbocycles. The monoisotopic (exact) mass is 286 g/mol. The number of ether oxygens (including phenoxy) is 1. The van der Waals surface area contributed by atoms with Crippen LogP contribution in [0.15, 0.2) is 36.4 Å². The zero-order chi connectivity index (χ0) is 15.2. The molecule has 2 aromatic rings. The van der Waals surface area contributed by atoms with Gasteiger partial charge in [-0.1, -0.05) is 37.3 Å². The molecule has 0 aromatic heterocycles. The number of hydrogen-bond acceptors (Lipinski definition) is 1. The van der Waals surface area contributed by atoms with E-state index >= 15 is 0 Å². The largest absolute Gasteiger partial charge is 0.491 e. The lowest BCUT2D eigenvalue weighted by molar-refractivity contribution is 0.359. The molecule has 1 nitrogen and oxygen atoms in total. The molecule has 0 saturated heterocycles. The van der Waals surface area contributed by atoms with Crippen molar-refractivity contribution in [3.63, 3.8) is 0 Å². The van der Waals surface area contributed by atoms with Crippen LogP contribution in [0.5, 0.6) is 5.75 Å². The molecule has 0 fully saturated rings. The quantitative estimate of drug-likeness (QED) is 0.763. The molecule has 0 aliphatic heterocycles. The van der Waals surface area contributed by atoms with E-state index in [1.165, 1.54) is 24.8 Å². The van der Waals surface area contributed by atoms with Crippen LogP contribution >= 0.6 is 0 Å². The third kappa shape index (κ3) is 3.82. The fourth-order valence-corrected chi connectivity index (χ4v) is 2.01. The number of benzene rings is 2. The van der Waals surface area contributed by atoms with Crippen LogP contribution in [-0.2, 0) is 6.42 Å². The van der Waals surface area contributed by atoms with Gasteiger partial charge >= 0.3 is 0 Å². The molecule has 0 atom stereocenters. The van der Waals surface area contributed by atoms with Gasteiger partial charge in [-0.3, -0.25) is 0 Å². The van der Waals surface area contributed by atoms with E-state index in [1.807, 2.05) is 24.3 Å². The lowest BCUT2D eigenvalue weighted by atomic mass is 10.1. The van der Waals surface area contributed by atoms with Crippen LogP contribution in [0.3, 0.4) is 0 Å². The van der Waals surface area contributed by atoms with Gasteiger partial charge in [-0.15, -0.1) is 0 Å². The normalized spacial score (nSPS) is 9.90. The highest BCUT2D eigenvalue weighted by atomic mass is 19.1. The van der Waals surface area contributed by atoms with E-state index in [0.29, 0.717) is 0 Å². The summed E-state index contributed by atoms with van der Waals surface area (Å²) in [6, 6.07) is 10.2. The highest BCUT2D eigenvalue weighted by Gasteiger charge is 2.10. The molecule has 2 aromatic carbocycles. The van der Waals surface area contributed by atoms with Crippen LogP contribution < -0.4 is 4.74 Å². The van der Waals surface area contributed by atoms with Crippen molar-refractivity contribution < 1.29 is 13.5 Å². The first-order valence-corrected chi connectivity index (χ1v) is 6.78. The molecule has 0 bridgehead atoms. The molecule has 0 heterocycles. The molecule has 108 valence electrons. The minimum Gasteiger partial charge on any atom is -0.491 e. The molecule has 0 unspecified atom stereocenters. The molecule has 0 N–H and O–H groups in total. The van der Waals surface area contributed by atoms with E-state index < -0.39 is 11.6 Å². The minimum atomic E-state index is -0.750. The molecule has 0 saturated carbocycles. The summed E-state index contributed by atoms with van der Waals surface area (Å²) in [5.74, 6) is 3.77. The Balaban J connectivity index is 2.22. The van der Waals surface area contributed by atoms with Crippen LogP contribution in [0.25, 0.3) is 0 Å². The molecule has 2 rings (SSSR count). The van der Waals surface area contributed by atoms with Crippen LogP contribution in [0.1, 0.15) is 30.0 Å². The predicted molar refractivity (Wildman–Crippen MR) is 79.3 cm³/mol. The van der Waals surface area contributed by atoms with E-state index in [9.17, 15) is 8.78 Å². The summed E-state index contributed by atoms with van der Waals surface area (Å²) in [5.41, 5.74) is 2.35. The molecule has 0 radical (unpaired) electrons. The van der Waals surface area contributed by atoms with E-state index in [0.717, 1.165) is 18.4 Å². The molecular formula is C18H16F2O. The second-order valence-corrected chi connectivity index (χ2v) is 4.67. The van der Waals surface area contributed by atoms with Crippen molar-refractivity contribution in [3.8, 4) is 17.6 Å². The Morgan fingerprint density at radius 3 is 2.05 bits per heavy atom. The molecule has 0 spiro atoms. The third-order valence-corrected chi connectivity index (χ3v) is 3.05. The van der Waals surface area contributed by atoms with Crippen molar-refractivity contribution in [3.05, 3.63) is 64.7 Å². The topological polar surface area (TPSA) is 9.23 Å². The van der Waals surface area contributed by atoms with E-state index in [1.54, 1.807) is 0 Å². The molecule has 3 heteroatoms. The Labute approximate surface area is 123 Å². The lowest BCUT2D eigenvalue weighted by Gasteiger charge is -2.03. The minimum absolute atomic E-state index is 0.281. The smallest absolute Gasteiger partial charge is 0.190 e. The zero-order valence-electron chi connectivity index (χ0n) is 12.0. The SMILES string of the molecule is CCCc1ccc(C#Cc2cc(F)c(OC)c(F)c2)cc1. The maximum Gasteiger partial charge on any atom is 0.190 e. The lowest BCUT2D eigenvalue weighted by Crippen LogP contribution is -1.93. The Bertz CT molecular complexity index is 656. The summed E-state index contributed by atoms with van der Waals surface area (Å²) in [4.78, 5) is 0. The van der Waals surface area contributed by atoms with Crippen LogP contribution in [0, 0.1) is 23.5 Å². The highest BCUT2D eigenvalue weighted by Crippen LogP contribution is 2.22. The zero-order valence-corrected chi connectivity index (χ0v) is 12.0. The summed E-state index contributed by atoms with van der Waals surface area (Å²) < 4.78 is 31.7. The summed E-state index contributed by atoms with van der Waals surface area (Å²) in [7, 11) is 1.23. The Hall–Kier alpha value is -2.34. The van der Waals surface area contributed by atoms with E-state index in [-0.39, 0.29) is 11.3 Å². The fraction of sp³-hybridized carbons (Fsp3) is 0.222. The molecule has 0 aliphatic rings. The maximum atomic E-state index is 13.5. The summed E-state index contributed by atoms with van der Waals surface area (Å²) in [5, 5.41) is 0. The fourth-order valence-electron chi connectivity index (χ4n) is 2.01. The Morgan fingerprint density at radius 1 is 0.952 bits per heavy atom. The summed E-state index contributed by atoms with van der Waals surface area (Å²) in [6.07, 6.45) is 2.12. The molecule has 0 amide bonds. The van der Waals surface area contributed by atoms with Crippen LogP contribution in [-0.4, -0.2) is 7.11 Å². The van der Waals surface area contributed by atoms with Gasteiger partial charge in [0.1, 0.15) is 0 Å². The second-order valence-electron chi connectivity index (χ2n) is 4.67. The number of hydrogen-bond donors (Lipinski definition) is 0. The van der Waals surface area contributed by atoms with E-state index in [4.69, 9.17) is 0 Å². The Morgan fingerprint density at radius 2 is 1.52 bits per heavy atom. The van der Waals surface area contributed by atoms with Gasteiger partial charge in [-0.25, -0.2) is 8.78 Å². The van der Waals surface area contributed by atoms with Crippen molar-refractivity contribution in [2.45, 2.75) is 19.8 Å². The van der Waals surface area contributed by atoms with Gasteiger partial charge in [0.25, 0.3) is 0 Å². The van der Waals surface area contributed by atoms with Crippen LogP contribution in [0.4, 0.5) is 8.78 Å². The van der Waals surface area contributed by atoms with Gasteiger partial charge < -0.3 is 4.74 Å². The summed E-state index contributed by atoms with van der Waals surface area (Å²) >= 11 is 0. The number of methoxy groups -OCH3 is 1. The Kier molecular flexibility index (Phi) is 4.94. The van der Waals surface area contributed by atoms with Gasteiger partial charge in [0.15, 0.2) is 17.4 Å². The number of rotatable bonds is 3. The first-order valence-electron chi connectivity index (χ1n) is 6.78. The van der Waals surface area contributed by atoms with Gasteiger partial charge in [-0.2, -0.15) is 0 Å². The van der Waals surface area contributed by atoms with Crippen molar-refractivity contribution in [1.82, 2.24) is 0 Å². The van der Waals surface area contributed by atoms with Crippen molar-refractivity contribution in [1.29, 1.82) is 0 Å². The average Bonchev–Trinajstić information content (AvgIpc) is 2.47. The first kappa shape index (κ1) is 15.1. The van der Waals surface area contributed by atoms with Gasteiger partial charge in [-0.05, 0) is 36.2 Å². The van der Waals surface area contributed by atoms with Crippen LogP contribution in [0.2, 0.25) is 0 Å². The van der Waals surface area contributed by atoms with Crippen molar-refractivity contribution >= 4 is 0 Å². The third-order valence-electron chi connectivity index (χ3n) is 3.05. The van der Waals surface area contributed by atoms with Gasteiger partial charge in [0, 0.05) is 11.1 Å². The average molecular weight is 286 g/mol. The van der Waals surface area contributed by atoms with E-state index in [2.05, 4.69) is 23.5 Å². The number of aryl methyl sites for hydroxylation is 1. The predicted octanol–water partition coefficient (Wildman–Crippen LogP) is 4.33. The standard InChI is InChI=1S/C18H16F2O/c1-3-4-13-5-7-14(8-6-13)9-10-15-11-16(19)18(21-2)17(20)12-15/h5-8,11-12H,3-4H2,1-2H3. The second kappa shape index (κ2) is 6.90. The first-order chi connectivity index (χ1) is 10.1. The maximum absolute atomic E-state index is 13.5. The van der Waals surface area contributed by atoms with Gasteiger partial charge in [0.2, 0.25) is 0 Å². The molecular weight excluding hydrogens is 270 g/mol. The van der Waals surface area contributed by atoms with Crippen molar-refractivity contribution in [2.24, 2.45) is 0 Å². The summed E-state index contributed by atoms with van der Waals surface area (Å²) in [6.45, 7) is 2.13.